The minimum Gasteiger partial charge on any atom is -0.483 e. The van der Waals surface area contributed by atoms with E-state index < -0.39 is 0 Å². The van der Waals surface area contributed by atoms with Crippen LogP contribution in [-0.4, -0.2) is 5.94 Å². The first-order chi connectivity index (χ1) is 6.42. The molecule has 0 aromatic heterocycles. The molecule has 0 atom stereocenters. The van der Waals surface area contributed by atoms with Crippen LogP contribution in [-0.2, 0) is 0 Å². The van der Waals surface area contributed by atoms with Gasteiger partial charge in [0.05, 0.1) is 0 Å². The second-order valence-electron chi connectivity index (χ2n) is 2.75. The highest BCUT2D eigenvalue weighted by Gasteiger charge is 1.98. The van der Waals surface area contributed by atoms with Crippen LogP contribution in [0.4, 0.5) is 0 Å². The van der Waals surface area contributed by atoms with Crippen LogP contribution < -0.4 is 4.74 Å². The van der Waals surface area contributed by atoms with Crippen molar-refractivity contribution in [1.29, 1.82) is 0 Å². The molecule has 1 nitrogen and oxygen atoms in total. The third kappa shape index (κ3) is 1.63. The molecule has 66 valence electrons. The number of thiol groups is 1. The molecule has 0 heterocycles. The maximum Gasteiger partial charge on any atom is 0.131 e. The van der Waals surface area contributed by atoms with Gasteiger partial charge in [-0.2, -0.15) is 0 Å². The third-order valence-corrected chi connectivity index (χ3v) is 2.10. The topological polar surface area (TPSA) is 9.23 Å². The van der Waals surface area contributed by atoms with Gasteiger partial charge in [-0.05, 0) is 11.5 Å². The highest BCUT2D eigenvalue weighted by molar-refractivity contribution is 7.80. The summed E-state index contributed by atoms with van der Waals surface area (Å²) in [4.78, 5) is 0. The smallest absolute Gasteiger partial charge is 0.131 e. The first-order valence-corrected chi connectivity index (χ1v) is 4.76. The number of hydrogen-bond donors (Lipinski definition) is 1. The second-order valence-corrected chi connectivity index (χ2v) is 3.01. The van der Waals surface area contributed by atoms with Crippen LogP contribution in [0.1, 0.15) is 0 Å². The monoisotopic (exact) mass is 190 g/mol. The van der Waals surface area contributed by atoms with Gasteiger partial charge in [0.2, 0.25) is 0 Å². The fourth-order valence-corrected chi connectivity index (χ4v) is 1.53. The zero-order valence-corrected chi connectivity index (χ0v) is 8.00. The molecule has 0 bridgehead atoms. The number of fused-ring (bicyclic) bond motifs is 1. The van der Waals surface area contributed by atoms with Crippen LogP contribution in [0.5, 0.6) is 5.75 Å². The van der Waals surface area contributed by atoms with Gasteiger partial charge in [-0.25, -0.2) is 0 Å². The molecule has 0 amide bonds. The maximum absolute atomic E-state index is 5.38. The zero-order valence-electron chi connectivity index (χ0n) is 7.10. The van der Waals surface area contributed by atoms with Crippen LogP contribution in [0.15, 0.2) is 42.5 Å². The van der Waals surface area contributed by atoms with Gasteiger partial charge >= 0.3 is 0 Å². The van der Waals surface area contributed by atoms with Gasteiger partial charge in [-0.1, -0.05) is 36.4 Å². The highest BCUT2D eigenvalue weighted by Crippen LogP contribution is 2.24. The van der Waals surface area contributed by atoms with Crippen molar-refractivity contribution >= 4 is 23.4 Å². The molecule has 2 rings (SSSR count). The van der Waals surface area contributed by atoms with Crippen molar-refractivity contribution in [2.75, 3.05) is 5.94 Å². The Morgan fingerprint density at radius 3 is 2.62 bits per heavy atom. The van der Waals surface area contributed by atoms with E-state index in [-0.39, 0.29) is 0 Å². The number of ether oxygens (including phenoxy) is 1. The Hall–Kier alpha value is -1.15. The Kier molecular flexibility index (Phi) is 2.41. The Labute approximate surface area is 82.7 Å². The number of benzene rings is 2. The van der Waals surface area contributed by atoms with E-state index in [1.165, 1.54) is 5.39 Å². The van der Waals surface area contributed by atoms with Crippen molar-refractivity contribution in [3.63, 3.8) is 0 Å². The summed E-state index contributed by atoms with van der Waals surface area (Å²) in [6.45, 7) is 0. The fourth-order valence-electron chi connectivity index (χ4n) is 1.39. The zero-order chi connectivity index (χ0) is 9.10. The van der Waals surface area contributed by atoms with Gasteiger partial charge in [-0.3, -0.25) is 0 Å². The largest absolute Gasteiger partial charge is 0.483 e. The molecule has 13 heavy (non-hydrogen) atoms. The average molecular weight is 190 g/mol. The molecule has 2 aromatic carbocycles. The van der Waals surface area contributed by atoms with Gasteiger partial charge < -0.3 is 4.74 Å². The van der Waals surface area contributed by atoms with Crippen molar-refractivity contribution in [2.45, 2.75) is 0 Å². The summed E-state index contributed by atoms with van der Waals surface area (Å²) in [5.74, 6) is 1.31. The SMILES string of the molecule is SCOc1cccc2ccccc12. The Balaban J connectivity index is 2.61. The lowest BCUT2D eigenvalue weighted by Gasteiger charge is -2.05. The van der Waals surface area contributed by atoms with Crippen LogP contribution in [0.3, 0.4) is 0 Å². The lowest BCUT2D eigenvalue weighted by molar-refractivity contribution is 0.399. The van der Waals surface area contributed by atoms with Crippen LogP contribution in [0, 0.1) is 0 Å². The minimum absolute atomic E-state index is 0.411. The molecule has 0 N–H and O–H groups in total. The predicted molar refractivity (Wildman–Crippen MR) is 58.4 cm³/mol. The molecule has 2 aromatic rings. The van der Waals surface area contributed by atoms with E-state index in [1.54, 1.807) is 0 Å². The molecular formula is C11H10OS. The molecule has 0 saturated heterocycles. The molecule has 0 fully saturated rings. The normalized spacial score (nSPS) is 10.2. The molecule has 2 heteroatoms. The number of rotatable bonds is 2. The van der Waals surface area contributed by atoms with Crippen molar-refractivity contribution in [3.05, 3.63) is 42.5 Å². The molecule has 0 radical (unpaired) electrons. The molecule has 0 aliphatic carbocycles. The third-order valence-electron chi connectivity index (χ3n) is 1.97. The summed E-state index contributed by atoms with van der Waals surface area (Å²) in [5, 5.41) is 2.33. The van der Waals surface area contributed by atoms with E-state index in [0.29, 0.717) is 5.94 Å². The summed E-state index contributed by atoms with van der Waals surface area (Å²) in [7, 11) is 0. The summed E-state index contributed by atoms with van der Waals surface area (Å²) in [5.41, 5.74) is 0. The molecule has 0 aliphatic heterocycles. The van der Waals surface area contributed by atoms with E-state index in [0.717, 1.165) is 11.1 Å². The van der Waals surface area contributed by atoms with Gasteiger partial charge in [-0.15, -0.1) is 12.6 Å². The summed E-state index contributed by atoms with van der Waals surface area (Å²) >= 11 is 4.04. The summed E-state index contributed by atoms with van der Waals surface area (Å²) < 4.78 is 5.38. The highest BCUT2D eigenvalue weighted by atomic mass is 32.1. The average Bonchev–Trinajstić information content (AvgIpc) is 2.19. The molecular weight excluding hydrogens is 180 g/mol. The second kappa shape index (κ2) is 3.71. The van der Waals surface area contributed by atoms with Crippen molar-refractivity contribution in [1.82, 2.24) is 0 Å². The minimum atomic E-state index is 0.411. The fraction of sp³-hybridized carbons (Fsp3) is 0.0909. The maximum atomic E-state index is 5.38. The molecule has 0 spiro atoms. The van der Waals surface area contributed by atoms with Gasteiger partial charge in [0.1, 0.15) is 11.7 Å². The van der Waals surface area contributed by atoms with Gasteiger partial charge in [0.15, 0.2) is 0 Å². The Morgan fingerprint density at radius 2 is 1.77 bits per heavy atom. The number of hydrogen-bond acceptors (Lipinski definition) is 2. The van der Waals surface area contributed by atoms with Crippen molar-refractivity contribution in [2.24, 2.45) is 0 Å². The van der Waals surface area contributed by atoms with Gasteiger partial charge in [0, 0.05) is 5.39 Å². The van der Waals surface area contributed by atoms with Crippen LogP contribution >= 0.6 is 12.6 Å². The van der Waals surface area contributed by atoms with E-state index in [2.05, 4.69) is 24.8 Å². The van der Waals surface area contributed by atoms with Crippen molar-refractivity contribution in [3.8, 4) is 5.75 Å². The molecule has 0 aliphatic rings. The van der Waals surface area contributed by atoms with E-state index >= 15 is 0 Å². The first kappa shape index (κ1) is 8.45. The molecule has 0 unspecified atom stereocenters. The summed E-state index contributed by atoms with van der Waals surface area (Å²) in [6.07, 6.45) is 0. The quantitative estimate of drug-likeness (QED) is 0.565. The lowest BCUT2D eigenvalue weighted by Crippen LogP contribution is -1.89. The van der Waals surface area contributed by atoms with Crippen LogP contribution in [0.25, 0.3) is 10.8 Å². The van der Waals surface area contributed by atoms with Crippen molar-refractivity contribution < 1.29 is 4.74 Å². The first-order valence-electron chi connectivity index (χ1n) is 4.13. The molecule has 0 saturated carbocycles. The van der Waals surface area contributed by atoms with E-state index in [4.69, 9.17) is 4.74 Å². The standard InChI is InChI=1S/C11H10OS/c13-8-12-11-7-3-5-9-4-1-2-6-10(9)11/h1-7,13H,8H2. The Bertz CT molecular complexity index is 406. The van der Waals surface area contributed by atoms with E-state index in [9.17, 15) is 0 Å². The predicted octanol–water partition coefficient (Wildman–Crippen LogP) is 3.11. The van der Waals surface area contributed by atoms with E-state index in [1.807, 2.05) is 30.3 Å². The summed E-state index contributed by atoms with van der Waals surface area (Å²) in [6, 6.07) is 14.2. The Morgan fingerprint density at radius 1 is 1.00 bits per heavy atom. The van der Waals surface area contributed by atoms with Crippen LogP contribution in [0.2, 0.25) is 0 Å². The van der Waals surface area contributed by atoms with Gasteiger partial charge in [0.25, 0.3) is 0 Å². The lowest BCUT2D eigenvalue weighted by atomic mass is 10.1.